The summed E-state index contributed by atoms with van der Waals surface area (Å²) in [7, 11) is 0. The lowest BCUT2D eigenvalue weighted by molar-refractivity contribution is 0.0484. The van der Waals surface area contributed by atoms with Crippen molar-refractivity contribution < 1.29 is 19.1 Å². The van der Waals surface area contributed by atoms with Gasteiger partial charge in [0.2, 0.25) is 0 Å². The van der Waals surface area contributed by atoms with Crippen LogP contribution in [-0.2, 0) is 9.47 Å². The molecule has 0 spiro atoms. The standard InChI is InChI=1S/C15H20N4O4S/c1-15(2,3)23-14(21)18-17-13(20)12-11(8-10(9-16)24-12)19-4-6-22-7-5-19/h8H,4-7H2,1-3H3,(H,17,20)(H,18,21). The summed E-state index contributed by atoms with van der Waals surface area (Å²) in [5, 5.41) is 9.10. The number of nitriles is 1. The molecule has 2 heterocycles. The van der Waals surface area contributed by atoms with Crippen LogP contribution in [0.4, 0.5) is 10.5 Å². The van der Waals surface area contributed by atoms with Gasteiger partial charge in [-0.2, -0.15) is 5.26 Å². The van der Waals surface area contributed by atoms with Gasteiger partial charge in [-0.05, 0) is 26.8 Å². The monoisotopic (exact) mass is 352 g/mol. The van der Waals surface area contributed by atoms with Gasteiger partial charge in [0.25, 0.3) is 5.91 Å². The van der Waals surface area contributed by atoms with Gasteiger partial charge >= 0.3 is 6.09 Å². The topological polar surface area (TPSA) is 104 Å². The van der Waals surface area contributed by atoms with E-state index >= 15 is 0 Å². The Balaban J connectivity index is 2.07. The van der Waals surface area contributed by atoms with E-state index < -0.39 is 17.6 Å². The Morgan fingerprint density at radius 3 is 2.58 bits per heavy atom. The number of amides is 2. The van der Waals surface area contributed by atoms with Crippen LogP contribution in [0, 0.1) is 11.3 Å². The van der Waals surface area contributed by atoms with Crippen LogP contribution in [0.25, 0.3) is 0 Å². The number of ether oxygens (including phenoxy) is 2. The van der Waals surface area contributed by atoms with Gasteiger partial charge in [-0.1, -0.05) is 0 Å². The summed E-state index contributed by atoms with van der Waals surface area (Å²) >= 11 is 1.08. The number of hydrogen-bond acceptors (Lipinski definition) is 7. The van der Waals surface area contributed by atoms with Gasteiger partial charge in [-0.25, -0.2) is 10.2 Å². The molecule has 1 saturated heterocycles. The van der Waals surface area contributed by atoms with Gasteiger partial charge < -0.3 is 14.4 Å². The van der Waals surface area contributed by atoms with Crippen molar-refractivity contribution in [3.63, 3.8) is 0 Å². The second-order valence-electron chi connectivity index (χ2n) is 6.12. The van der Waals surface area contributed by atoms with E-state index in [2.05, 4.69) is 10.9 Å². The van der Waals surface area contributed by atoms with Crippen LogP contribution in [0.5, 0.6) is 0 Å². The summed E-state index contributed by atoms with van der Waals surface area (Å²) in [5.74, 6) is -0.492. The summed E-state index contributed by atoms with van der Waals surface area (Å²) < 4.78 is 10.4. The normalized spacial score (nSPS) is 14.7. The molecule has 1 aliphatic rings. The molecule has 1 fully saturated rings. The summed E-state index contributed by atoms with van der Waals surface area (Å²) in [6, 6.07) is 3.73. The maximum atomic E-state index is 12.4. The van der Waals surface area contributed by atoms with E-state index in [1.807, 2.05) is 11.0 Å². The Kier molecular flexibility index (Phi) is 5.64. The van der Waals surface area contributed by atoms with Gasteiger partial charge in [0.05, 0.1) is 18.9 Å². The fourth-order valence-electron chi connectivity index (χ4n) is 2.11. The van der Waals surface area contributed by atoms with Crippen LogP contribution < -0.4 is 15.8 Å². The van der Waals surface area contributed by atoms with Crippen LogP contribution >= 0.6 is 11.3 Å². The Morgan fingerprint density at radius 1 is 1.33 bits per heavy atom. The molecule has 1 aromatic heterocycles. The van der Waals surface area contributed by atoms with Crippen molar-refractivity contribution in [3.8, 4) is 6.07 Å². The molecule has 0 atom stereocenters. The molecule has 0 bridgehead atoms. The number of hydrazine groups is 1. The van der Waals surface area contributed by atoms with Crippen molar-refractivity contribution in [2.24, 2.45) is 0 Å². The van der Waals surface area contributed by atoms with Gasteiger partial charge in [-0.15, -0.1) is 11.3 Å². The Bertz CT molecular complexity index is 653. The maximum absolute atomic E-state index is 12.4. The molecule has 1 aliphatic heterocycles. The summed E-state index contributed by atoms with van der Waals surface area (Å²) in [6.45, 7) is 7.59. The van der Waals surface area contributed by atoms with Crippen LogP contribution in [0.2, 0.25) is 0 Å². The van der Waals surface area contributed by atoms with E-state index in [4.69, 9.17) is 14.7 Å². The smallest absolute Gasteiger partial charge is 0.426 e. The largest absolute Gasteiger partial charge is 0.443 e. The number of carbonyl (C=O) groups is 2. The van der Waals surface area contributed by atoms with Crippen molar-refractivity contribution in [2.75, 3.05) is 31.2 Å². The zero-order valence-corrected chi connectivity index (χ0v) is 14.7. The average molecular weight is 352 g/mol. The SMILES string of the molecule is CC(C)(C)OC(=O)NNC(=O)c1sc(C#N)cc1N1CCOCC1. The summed E-state index contributed by atoms with van der Waals surface area (Å²) in [4.78, 5) is 26.8. The number of nitrogens with one attached hydrogen (secondary N) is 2. The average Bonchev–Trinajstić information content (AvgIpc) is 2.96. The number of nitrogens with zero attached hydrogens (tertiary/aromatic N) is 2. The number of carbonyl (C=O) groups excluding carboxylic acids is 2. The van der Waals surface area contributed by atoms with Crippen molar-refractivity contribution in [1.29, 1.82) is 5.26 Å². The summed E-state index contributed by atoms with van der Waals surface area (Å²) in [5.41, 5.74) is 4.54. The maximum Gasteiger partial charge on any atom is 0.426 e. The molecule has 0 aliphatic carbocycles. The first-order valence-electron chi connectivity index (χ1n) is 7.46. The molecular weight excluding hydrogens is 332 g/mol. The first-order chi connectivity index (χ1) is 11.3. The van der Waals surface area contributed by atoms with E-state index in [1.54, 1.807) is 26.8 Å². The van der Waals surface area contributed by atoms with Gasteiger partial charge in [0, 0.05) is 13.1 Å². The molecule has 24 heavy (non-hydrogen) atoms. The summed E-state index contributed by atoms with van der Waals surface area (Å²) in [6.07, 6.45) is -0.749. The highest BCUT2D eigenvalue weighted by Crippen LogP contribution is 2.30. The van der Waals surface area contributed by atoms with Crippen molar-refractivity contribution in [2.45, 2.75) is 26.4 Å². The molecular formula is C15H20N4O4S. The number of morpholine rings is 1. The van der Waals surface area contributed by atoms with Crippen LogP contribution in [-0.4, -0.2) is 43.9 Å². The van der Waals surface area contributed by atoms with E-state index in [-0.39, 0.29) is 0 Å². The number of rotatable bonds is 2. The Hall–Kier alpha value is -2.31. The molecule has 2 amide bonds. The second-order valence-corrected chi connectivity index (χ2v) is 7.17. The third-order valence-electron chi connectivity index (χ3n) is 3.06. The van der Waals surface area contributed by atoms with E-state index in [9.17, 15) is 9.59 Å². The van der Waals surface area contributed by atoms with Crippen LogP contribution in [0.15, 0.2) is 6.07 Å². The second kappa shape index (κ2) is 7.51. The fourth-order valence-corrected chi connectivity index (χ4v) is 2.98. The van der Waals surface area contributed by atoms with E-state index in [0.717, 1.165) is 11.3 Å². The minimum atomic E-state index is -0.749. The van der Waals surface area contributed by atoms with E-state index in [0.29, 0.717) is 41.7 Å². The first-order valence-corrected chi connectivity index (χ1v) is 8.28. The third-order valence-corrected chi connectivity index (χ3v) is 4.09. The lowest BCUT2D eigenvalue weighted by Gasteiger charge is -2.28. The van der Waals surface area contributed by atoms with Crippen molar-refractivity contribution in [3.05, 3.63) is 15.8 Å². The molecule has 130 valence electrons. The zero-order valence-electron chi connectivity index (χ0n) is 13.8. The molecule has 0 saturated carbocycles. The Labute approximate surface area is 144 Å². The number of anilines is 1. The molecule has 2 N–H and O–H groups in total. The van der Waals surface area contributed by atoms with Crippen LogP contribution in [0.1, 0.15) is 35.3 Å². The minimum absolute atomic E-state index is 0.365. The van der Waals surface area contributed by atoms with Gasteiger partial charge in [0.15, 0.2) is 0 Å². The predicted molar refractivity (Wildman–Crippen MR) is 88.9 cm³/mol. The number of hydrogen-bond donors (Lipinski definition) is 2. The van der Waals surface area contributed by atoms with Crippen molar-refractivity contribution >= 4 is 29.0 Å². The lowest BCUT2D eigenvalue weighted by Crippen LogP contribution is -2.44. The third kappa shape index (κ3) is 4.84. The minimum Gasteiger partial charge on any atom is -0.443 e. The first kappa shape index (κ1) is 18.0. The highest BCUT2D eigenvalue weighted by molar-refractivity contribution is 7.15. The molecule has 0 unspecified atom stereocenters. The predicted octanol–water partition coefficient (Wildman–Crippen LogP) is 1.63. The van der Waals surface area contributed by atoms with Gasteiger partial charge in [0.1, 0.15) is 21.4 Å². The highest BCUT2D eigenvalue weighted by atomic mass is 32.1. The molecule has 0 aromatic carbocycles. The quantitative estimate of drug-likeness (QED) is 0.784. The van der Waals surface area contributed by atoms with Crippen molar-refractivity contribution in [1.82, 2.24) is 10.9 Å². The Morgan fingerprint density at radius 2 is 2.00 bits per heavy atom. The van der Waals surface area contributed by atoms with E-state index in [1.165, 1.54) is 0 Å². The van der Waals surface area contributed by atoms with Gasteiger partial charge in [-0.3, -0.25) is 10.2 Å². The molecule has 2 rings (SSSR count). The molecule has 0 radical (unpaired) electrons. The van der Waals surface area contributed by atoms with Crippen LogP contribution in [0.3, 0.4) is 0 Å². The molecule has 8 nitrogen and oxygen atoms in total. The fraction of sp³-hybridized carbons (Fsp3) is 0.533. The molecule has 9 heteroatoms. The zero-order chi connectivity index (χ0) is 17.7. The number of thiophene rings is 1. The molecule has 1 aromatic rings. The lowest BCUT2D eigenvalue weighted by atomic mass is 10.2. The highest BCUT2D eigenvalue weighted by Gasteiger charge is 2.23.